The predicted octanol–water partition coefficient (Wildman–Crippen LogP) is 4.01. The number of amides is 1. The van der Waals surface area contributed by atoms with Gasteiger partial charge in [0.2, 0.25) is 5.91 Å². The third-order valence-electron chi connectivity index (χ3n) is 4.66. The molecule has 2 heterocycles. The largest absolute Gasteiger partial charge is 0.361 e. The number of nitrogens with one attached hydrogen (secondary N) is 2. The molecule has 0 saturated heterocycles. The predicted molar refractivity (Wildman–Crippen MR) is 102 cm³/mol. The zero-order chi connectivity index (χ0) is 18.1. The molecule has 1 atom stereocenters. The van der Waals surface area contributed by atoms with Gasteiger partial charge in [0.25, 0.3) is 0 Å². The Morgan fingerprint density at radius 2 is 2.08 bits per heavy atom. The van der Waals surface area contributed by atoms with Gasteiger partial charge in [-0.1, -0.05) is 18.2 Å². The molecule has 0 spiro atoms. The van der Waals surface area contributed by atoms with Gasteiger partial charge in [0.15, 0.2) is 0 Å². The molecule has 132 valence electrons. The topological polar surface area (TPSA) is 49.8 Å². The molecular formula is C21H20FN3O. The van der Waals surface area contributed by atoms with Gasteiger partial charge in [0.05, 0.1) is 5.52 Å². The zero-order valence-corrected chi connectivity index (χ0v) is 14.5. The van der Waals surface area contributed by atoms with Gasteiger partial charge in [-0.15, -0.1) is 0 Å². The number of fused-ring (bicyclic) bond motifs is 2. The lowest BCUT2D eigenvalue weighted by atomic mass is 10.1. The van der Waals surface area contributed by atoms with Crippen molar-refractivity contribution in [3.05, 3.63) is 72.3 Å². The van der Waals surface area contributed by atoms with Crippen LogP contribution in [0.3, 0.4) is 0 Å². The van der Waals surface area contributed by atoms with Gasteiger partial charge in [-0.3, -0.25) is 4.79 Å². The van der Waals surface area contributed by atoms with Crippen LogP contribution < -0.4 is 5.32 Å². The summed E-state index contributed by atoms with van der Waals surface area (Å²) in [4.78, 5) is 15.7. The van der Waals surface area contributed by atoms with Gasteiger partial charge in [0, 0.05) is 29.3 Å². The Hall–Kier alpha value is -3.08. The quantitative estimate of drug-likeness (QED) is 0.562. The number of H-pyrrole nitrogens is 1. The average molecular weight is 349 g/mol. The van der Waals surface area contributed by atoms with Gasteiger partial charge in [-0.2, -0.15) is 0 Å². The molecule has 0 fully saturated rings. The van der Waals surface area contributed by atoms with Gasteiger partial charge < -0.3 is 14.9 Å². The van der Waals surface area contributed by atoms with E-state index in [1.165, 1.54) is 23.1 Å². The number of aromatic amines is 1. The maximum atomic E-state index is 13.5. The summed E-state index contributed by atoms with van der Waals surface area (Å²) in [7, 11) is 0. The number of benzene rings is 2. The highest BCUT2D eigenvalue weighted by molar-refractivity contribution is 5.84. The first-order valence-corrected chi connectivity index (χ1v) is 8.69. The van der Waals surface area contributed by atoms with Crippen LogP contribution in [0.15, 0.2) is 60.9 Å². The van der Waals surface area contributed by atoms with Crippen molar-refractivity contribution >= 4 is 27.7 Å². The molecule has 2 aromatic heterocycles. The molecular weight excluding hydrogens is 329 g/mol. The number of carbonyl (C=O) groups is 1. The van der Waals surface area contributed by atoms with Crippen molar-refractivity contribution in [1.29, 1.82) is 0 Å². The van der Waals surface area contributed by atoms with E-state index in [1.807, 2.05) is 43.6 Å². The van der Waals surface area contributed by atoms with Gasteiger partial charge in [0.1, 0.15) is 12.4 Å². The summed E-state index contributed by atoms with van der Waals surface area (Å²) in [6, 6.07) is 14.6. The Morgan fingerprint density at radius 1 is 1.23 bits per heavy atom. The fraction of sp³-hybridized carbons (Fsp3) is 0.190. The van der Waals surface area contributed by atoms with Crippen molar-refractivity contribution in [2.75, 3.05) is 0 Å². The van der Waals surface area contributed by atoms with Gasteiger partial charge in [-0.05, 0) is 54.6 Å². The van der Waals surface area contributed by atoms with Crippen LogP contribution >= 0.6 is 0 Å². The molecule has 0 aliphatic carbocycles. The Morgan fingerprint density at radius 3 is 2.96 bits per heavy atom. The number of carbonyl (C=O) groups excluding carboxylic acids is 1. The number of halogens is 1. The summed E-state index contributed by atoms with van der Waals surface area (Å²) >= 11 is 0. The molecule has 4 nitrogen and oxygen atoms in total. The number of para-hydroxylation sites is 1. The van der Waals surface area contributed by atoms with Crippen molar-refractivity contribution in [2.24, 2.45) is 0 Å². The zero-order valence-electron chi connectivity index (χ0n) is 14.5. The molecule has 0 aliphatic heterocycles. The molecule has 2 N–H and O–H groups in total. The highest BCUT2D eigenvalue weighted by atomic mass is 19.1. The van der Waals surface area contributed by atoms with Crippen LogP contribution in [0.25, 0.3) is 21.8 Å². The highest BCUT2D eigenvalue weighted by Gasteiger charge is 2.12. The Balaban J connectivity index is 1.43. The average Bonchev–Trinajstić information content (AvgIpc) is 3.19. The minimum absolute atomic E-state index is 0.000249. The van der Waals surface area contributed by atoms with Crippen LogP contribution in [0, 0.1) is 5.82 Å². The van der Waals surface area contributed by atoms with E-state index in [0.29, 0.717) is 0 Å². The van der Waals surface area contributed by atoms with Crippen LogP contribution in [0.5, 0.6) is 0 Å². The lowest BCUT2D eigenvalue weighted by molar-refractivity contribution is -0.122. The van der Waals surface area contributed by atoms with Crippen molar-refractivity contribution in [3.63, 3.8) is 0 Å². The summed E-state index contributed by atoms with van der Waals surface area (Å²) in [5.41, 5.74) is 3.01. The minimum atomic E-state index is -0.300. The molecule has 5 heteroatoms. The molecule has 0 saturated carbocycles. The third kappa shape index (κ3) is 3.20. The number of aromatic nitrogens is 2. The standard InChI is InChI=1S/C21H20FN3O/c1-14(10-16-12-23-19-5-3-2-4-18(16)19)24-21(26)13-25-9-8-15-6-7-17(22)11-20(15)25/h2-9,11-12,14,23H,10,13H2,1H3,(H,24,26)/t14-/m1/s1. The Labute approximate surface area is 150 Å². The first-order valence-electron chi connectivity index (χ1n) is 8.69. The molecule has 0 aliphatic rings. The van der Waals surface area contributed by atoms with Crippen molar-refractivity contribution in [2.45, 2.75) is 25.9 Å². The number of rotatable bonds is 5. The van der Waals surface area contributed by atoms with Crippen molar-refractivity contribution in [3.8, 4) is 0 Å². The van der Waals surface area contributed by atoms with E-state index in [9.17, 15) is 9.18 Å². The number of hydrogen-bond acceptors (Lipinski definition) is 1. The molecule has 2 aromatic carbocycles. The van der Waals surface area contributed by atoms with Gasteiger partial charge in [-0.25, -0.2) is 4.39 Å². The van der Waals surface area contributed by atoms with Crippen LogP contribution in [-0.4, -0.2) is 21.5 Å². The van der Waals surface area contributed by atoms with Crippen LogP contribution in [0.1, 0.15) is 12.5 Å². The maximum Gasteiger partial charge on any atom is 0.240 e. The summed E-state index contributed by atoms with van der Waals surface area (Å²) in [6.45, 7) is 2.16. The fourth-order valence-corrected chi connectivity index (χ4v) is 3.45. The molecule has 1 amide bonds. The van der Waals surface area contributed by atoms with E-state index in [2.05, 4.69) is 16.4 Å². The summed E-state index contributed by atoms with van der Waals surface area (Å²) < 4.78 is 15.2. The minimum Gasteiger partial charge on any atom is -0.361 e. The molecule has 26 heavy (non-hydrogen) atoms. The third-order valence-corrected chi connectivity index (χ3v) is 4.66. The van der Waals surface area contributed by atoms with Crippen LogP contribution in [0.4, 0.5) is 4.39 Å². The smallest absolute Gasteiger partial charge is 0.240 e. The lowest BCUT2D eigenvalue weighted by Crippen LogP contribution is -2.36. The normalized spacial score (nSPS) is 12.5. The van der Waals surface area contributed by atoms with E-state index in [4.69, 9.17) is 0 Å². The summed E-state index contributed by atoms with van der Waals surface area (Å²) in [5.74, 6) is -0.385. The first-order chi connectivity index (χ1) is 12.6. The number of nitrogens with zero attached hydrogens (tertiary/aromatic N) is 1. The van der Waals surface area contributed by atoms with E-state index in [1.54, 1.807) is 10.6 Å². The van der Waals surface area contributed by atoms with Crippen molar-refractivity contribution < 1.29 is 9.18 Å². The number of hydrogen-bond donors (Lipinski definition) is 2. The Kier molecular flexibility index (Phi) is 4.21. The SMILES string of the molecule is C[C@H](Cc1c[nH]c2ccccc12)NC(=O)Cn1ccc2ccc(F)cc21. The molecule has 0 bridgehead atoms. The maximum absolute atomic E-state index is 13.5. The van der Waals surface area contributed by atoms with Crippen LogP contribution in [0.2, 0.25) is 0 Å². The summed E-state index contributed by atoms with van der Waals surface area (Å²) in [6.07, 6.45) is 4.56. The Bertz CT molecular complexity index is 1080. The second-order valence-corrected chi connectivity index (χ2v) is 6.68. The van der Waals surface area contributed by atoms with Crippen molar-refractivity contribution in [1.82, 2.24) is 14.9 Å². The van der Waals surface area contributed by atoms with E-state index in [-0.39, 0.29) is 24.3 Å². The second kappa shape index (κ2) is 6.67. The van der Waals surface area contributed by atoms with E-state index in [0.717, 1.165) is 22.8 Å². The molecule has 0 unspecified atom stereocenters. The lowest BCUT2D eigenvalue weighted by Gasteiger charge is -2.14. The monoisotopic (exact) mass is 349 g/mol. The van der Waals surface area contributed by atoms with E-state index < -0.39 is 0 Å². The fourth-order valence-electron chi connectivity index (χ4n) is 3.45. The summed E-state index contributed by atoms with van der Waals surface area (Å²) in [5, 5.41) is 5.14. The van der Waals surface area contributed by atoms with Gasteiger partial charge >= 0.3 is 0 Å². The molecule has 4 rings (SSSR count). The van der Waals surface area contributed by atoms with Crippen LogP contribution in [-0.2, 0) is 17.8 Å². The first kappa shape index (κ1) is 16.4. The molecule has 4 aromatic rings. The highest BCUT2D eigenvalue weighted by Crippen LogP contribution is 2.19. The second-order valence-electron chi connectivity index (χ2n) is 6.68. The van der Waals surface area contributed by atoms with E-state index >= 15 is 0 Å². The molecule has 0 radical (unpaired) electrons.